The van der Waals surface area contributed by atoms with Crippen molar-refractivity contribution in [2.24, 2.45) is 5.92 Å². The van der Waals surface area contributed by atoms with E-state index in [0.717, 1.165) is 6.42 Å². The maximum absolute atomic E-state index is 11.1. The molecule has 0 amide bonds. The molecule has 1 aromatic rings. The Morgan fingerprint density at radius 3 is 2.69 bits per heavy atom. The van der Waals surface area contributed by atoms with Crippen molar-refractivity contribution >= 4 is 20.5 Å². The van der Waals surface area contributed by atoms with Gasteiger partial charge in [-0.15, -0.1) is 0 Å². The first-order valence-electron chi connectivity index (χ1n) is 6.08. The monoisotopic (exact) mass is 234 g/mol. The summed E-state index contributed by atoms with van der Waals surface area (Å²) in [7, 11) is -0.189. The molecule has 0 spiro atoms. The maximum Gasteiger partial charge on any atom is 0.132 e. The van der Waals surface area contributed by atoms with Gasteiger partial charge in [0, 0.05) is 5.92 Å². The van der Waals surface area contributed by atoms with Gasteiger partial charge < -0.3 is 0 Å². The van der Waals surface area contributed by atoms with Gasteiger partial charge in [0.15, 0.2) is 0 Å². The first-order chi connectivity index (χ1) is 7.52. The van der Waals surface area contributed by atoms with E-state index in [1.54, 1.807) is 12.1 Å². The first kappa shape index (κ1) is 13.2. The molecule has 16 heavy (non-hydrogen) atoms. The zero-order valence-corrected chi connectivity index (χ0v) is 12.3. The van der Waals surface area contributed by atoms with E-state index in [1.165, 1.54) is 17.2 Å². The number of hydrogen-bond acceptors (Lipinski definition) is 1. The van der Waals surface area contributed by atoms with Gasteiger partial charge in [0.2, 0.25) is 0 Å². The molecule has 88 valence electrons. The van der Waals surface area contributed by atoms with Gasteiger partial charge in [-0.2, -0.15) is 0 Å². The molecule has 0 heterocycles. The van der Waals surface area contributed by atoms with Gasteiger partial charge in [-0.1, -0.05) is 36.4 Å². The summed E-state index contributed by atoms with van der Waals surface area (Å²) in [6, 6.07) is 7.82. The summed E-state index contributed by atoms with van der Waals surface area (Å²) in [5, 5.41) is 1.57. The molecule has 0 fully saturated rings. The first-order valence-corrected chi connectivity index (χ1v) is 7.78. The van der Waals surface area contributed by atoms with Crippen molar-refractivity contribution in [3.63, 3.8) is 0 Å². The zero-order chi connectivity index (χ0) is 12.1. The Balaban J connectivity index is 2.49. The van der Waals surface area contributed by atoms with Gasteiger partial charge in [-0.25, -0.2) is 0 Å². The van der Waals surface area contributed by atoms with Crippen LogP contribution in [0.25, 0.3) is 0 Å². The molecule has 0 saturated heterocycles. The molecule has 0 aliphatic heterocycles. The predicted octanol–water partition coefficient (Wildman–Crippen LogP) is 2.13. The van der Waals surface area contributed by atoms with E-state index in [9.17, 15) is 4.79 Å². The van der Waals surface area contributed by atoms with Crippen molar-refractivity contribution in [1.82, 2.24) is 0 Å². The number of carbonyl (C=O) groups excluding carboxylic acids is 1. The Morgan fingerprint density at radius 2 is 2.06 bits per heavy atom. The Bertz CT molecular complexity index is 371. The maximum atomic E-state index is 11.1. The highest BCUT2D eigenvalue weighted by atomic mass is 28.2. The molecule has 0 radical (unpaired) electrons. The van der Waals surface area contributed by atoms with Crippen molar-refractivity contribution in [2.45, 2.75) is 40.2 Å². The third-order valence-corrected chi connectivity index (χ3v) is 5.56. The minimum Gasteiger partial charge on any atom is -0.300 e. The second kappa shape index (κ2) is 5.99. The number of carbonyl (C=O) groups is 1. The molecule has 0 aliphatic rings. The van der Waals surface area contributed by atoms with Crippen LogP contribution in [0.3, 0.4) is 0 Å². The molecule has 1 aromatic carbocycles. The van der Waals surface area contributed by atoms with E-state index in [0.29, 0.717) is 5.78 Å². The number of rotatable bonds is 5. The Kier molecular flexibility index (Phi) is 4.94. The van der Waals surface area contributed by atoms with E-state index in [1.807, 2.05) is 6.92 Å². The summed E-state index contributed by atoms with van der Waals surface area (Å²) in [6.45, 7) is 8.13. The lowest BCUT2D eigenvalue weighted by atomic mass is 10.1. The largest absolute Gasteiger partial charge is 0.300 e. The summed E-state index contributed by atoms with van der Waals surface area (Å²) in [5.41, 5.74) is 2.86. The van der Waals surface area contributed by atoms with E-state index in [-0.39, 0.29) is 15.4 Å². The summed E-state index contributed by atoms with van der Waals surface area (Å²) in [5.74, 6) is 0.576. The highest BCUT2D eigenvalue weighted by Crippen LogP contribution is 2.08. The quantitative estimate of drug-likeness (QED) is 0.713. The Labute approximate surface area is 101 Å². The van der Waals surface area contributed by atoms with Crippen LogP contribution in [0.4, 0.5) is 0 Å². The normalized spacial score (nSPS) is 13.2. The van der Waals surface area contributed by atoms with Crippen molar-refractivity contribution in [3.8, 4) is 0 Å². The number of Topliss-reactive ketones (excluding diaryl/α,β-unsaturated/α-hetero) is 1. The Hall–Kier alpha value is -0.893. The predicted molar refractivity (Wildman–Crippen MR) is 73.4 cm³/mol. The summed E-state index contributed by atoms with van der Waals surface area (Å²) < 4.78 is 0. The van der Waals surface area contributed by atoms with Crippen LogP contribution in [0.2, 0.25) is 6.04 Å². The number of benzene rings is 1. The fraction of sp³-hybridized carbons (Fsp3) is 0.500. The molecule has 2 heteroatoms. The van der Waals surface area contributed by atoms with E-state index >= 15 is 0 Å². The fourth-order valence-electron chi connectivity index (χ4n) is 1.88. The average molecular weight is 234 g/mol. The molecular weight excluding hydrogens is 212 g/mol. The van der Waals surface area contributed by atoms with Crippen molar-refractivity contribution in [3.05, 3.63) is 29.3 Å². The van der Waals surface area contributed by atoms with E-state index in [4.69, 9.17) is 0 Å². The van der Waals surface area contributed by atoms with Gasteiger partial charge in [0.25, 0.3) is 0 Å². The minimum atomic E-state index is -0.189. The van der Waals surface area contributed by atoms with Gasteiger partial charge in [0.1, 0.15) is 5.78 Å². The average Bonchev–Trinajstić information content (AvgIpc) is 2.24. The standard InChI is InChI=1S/C14H22OSi/c1-10-6-5-7-14(12(10)3)16-9-8-11(2)13(4)15/h5-7,11H,8-9,16H2,1-4H3. The molecule has 1 unspecified atom stereocenters. The number of aryl methyl sites for hydroxylation is 1. The molecule has 0 saturated carbocycles. The smallest absolute Gasteiger partial charge is 0.132 e. The van der Waals surface area contributed by atoms with Crippen LogP contribution in [0, 0.1) is 19.8 Å². The molecule has 1 atom stereocenters. The van der Waals surface area contributed by atoms with Crippen LogP contribution in [0.5, 0.6) is 0 Å². The second-order valence-electron chi connectivity index (χ2n) is 4.76. The zero-order valence-electron chi connectivity index (χ0n) is 10.8. The lowest BCUT2D eigenvalue weighted by Gasteiger charge is -2.10. The number of hydrogen-bond donors (Lipinski definition) is 0. The van der Waals surface area contributed by atoms with E-state index in [2.05, 4.69) is 32.0 Å². The van der Waals surface area contributed by atoms with Crippen molar-refractivity contribution in [1.29, 1.82) is 0 Å². The minimum absolute atomic E-state index is 0.189. The molecular formula is C14H22OSi. The van der Waals surface area contributed by atoms with Crippen molar-refractivity contribution < 1.29 is 4.79 Å². The lowest BCUT2D eigenvalue weighted by Crippen LogP contribution is -2.19. The summed E-state index contributed by atoms with van der Waals surface area (Å²) in [6.07, 6.45) is 1.06. The van der Waals surface area contributed by atoms with Gasteiger partial charge in [-0.05, 0) is 38.3 Å². The van der Waals surface area contributed by atoms with Crippen molar-refractivity contribution in [2.75, 3.05) is 0 Å². The SMILES string of the molecule is CC(=O)C(C)CC[SiH2]c1cccc(C)c1C. The molecule has 0 aliphatic carbocycles. The topological polar surface area (TPSA) is 17.1 Å². The van der Waals surface area contributed by atoms with Crippen LogP contribution in [0.15, 0.2) is 18.2 Å². The molecule has 0 bridgehead atoms. The van der Waals surface area contributed by atoms with Gasteiger partial charge in [0.05, 0.1) is 9.52 Å². The highest BCUT2D eigenvalue weighted by molar-refractivity contribution is 6.54. The van der Waals surface area contributed by atoms with Crippen LogP contribution in [-0.2, 0) is 4.79 Å². The highest BCUT2D eigenvalue weighted by Gasteiger charge is 2.08. The van der Waals surface area contributed by atoms with Crippen LogP contribution >= 0.6 is 0 Å². The van der Waals surface area contributed by atoms with E-state index < -0.39 is 0 Å². The van der Waals surface area contributed by atoms with Crippen LogP contribution in [-0.4, -0.2) is 15.3 Å². The second-order valence-corrected chi connectivity index (χ2v) is 6.73. The van der Waals surface area contributed by atoms with Gasteiger partial charge in [-0.3, -0.25) is 4.79 Å². The van der Waals surface area contributed by atoms with Gasteiger partial charge >= 0.3 is 0 Å². The molecule has 1 nitrogen and oxygen atoms in total. The summed E-state index contributed by atoms with van der Waals surface area (Å²) in [4.78, 5) is 11.1. The fourth-order valence-corrected chi connectivity index (χ4v) is 4.04. The molecule has 0 N–H and O–H groups in total. The third-order valence-electron chi connectivity index (χ3n) is 3.49. The van der Waals surface area contributed by atoms with Crippen LogP contribution < -0.4 is 5.19 Å². The Morgan fingerprint density at radius 1 is 1.38 bits per heavy atom. The molecule has 1 rings (SSSR count). The molecule has 0 aromatic heterocycles. The summed E-state index contributed by atoms with van der Waals surface area (Å²) >= 11 is 0. The lowest BCUT2D eigenvalue weighted by molar-refractivity contribution is -0.120. The van der Waals surface area contributed by atoms with Crippen LogP contribution in [0.1, 0.15) is 31.4 Å². The number of ketones is 1. The third kappa shape index (κ3) is 3.60.